The van der Waals surface area contributed by atoms with Gasteiger partial charge in [-0.15, -0.1) is 0 Å². The molecule has 1 amide bonds. The van der Waals surface area contributed by atoms with E-state index in [2.05, 4.69) is 0 Å². The van der Waals surface area contributed by atoms with E-state index in [0.717, 1.165) is 16.8 Å². The Morgan fingerprint density at radius 1 is 0.947 bits per heavy atom. The number of nitrogens with zero attached hydrogens (tertiary/aromatic N) is 1. The lowest BCUT2D eigenvalue weighted by Crippen LogP contribution is -2.29. The van der Waals surface area contributed by atoms with Gasteiger partial charge in [0.1, 0.15) is 0 Å². The van der Waals surface area contributed by atoms with Crippen LogP contribution in [-0.4, -0.2) is 5.91 Å². The van der Waals surface area contributed by atoms with E-state index < -0.39 is 0 Å². The zero-order valence-corrected chi connectivity index (χ0v) is 10.6. The molecule has 0 N–H and O–H groups in total. The number of rotatable bonds is 2. The van der Waals surface area contributed by atoms with E-state index in [1.807, 2.05) is 71.6 Å². The van der Waals surface area contributed by atoms with Crippen molar-refractivity contribution in [2.75, 3.05) is 4.90 Å². The first-order valence-electron chi connectivity index (χ1n) is 6.44. The zero-order valence-electron chi connectivity index (χ0n) is 10.6. The summed E-state index contributed by atoms with van der Waals surface area (Å²) >= 11 is 0. The number of amides is 1. The molecule has 19 heavy (non-hydrogen) atoms. The molecule has 3 rings (SSSR count). The standard InChI is InChI=1S/C17H15NO/c19-17-12-6-10-15-9-4-5-11-16(15)18(17)13-14-7-2-1-3-8-14/h1-11H,12-13H2. The highest BCUT2D eigenvalue weighted by molar-refractivity contribution is 5.98. The van der Waals surface area contributed by atoms with Crippen LogP contribution in [0.2, 0.25) is 0 Å². The molecule has 1 aliphatic heterocycles. The third-order valence-corrected chi connectivity index (χ3v) is 3.30. The van der Waals surface area contributed by atoms with E-state index in [1.165, 1.54) is 0 Å². The number of hydrogen-bond acceptors (Lipinski definition) is 1. The molecular formula is C17H15NO. The van der Waals surface area contributed by atoms with Crippen molar-refractivity contribution >= 4 is 17.7 Å². The van der Waals surface area contributed by atoms with E-state index in [4.69, 9.17) is 0 Å². The van der Waals surface area contributed by atoms with E-state index in [-0.39, 0.29) is 5.91 Å². The summed E-state index contributed by atoms with van der Waals surface area (Å²) in [6.07, 6.45) is 4.42. The van der Waals surface area contributed by atoms with Crippen LogP contribution in [0.3, 0.4) is 0 Å². The van der Waals surface area contributed by atoms with Gasteiger partial charge in [0.15, 0.2) is 0 Å². The van der Waals surface area contributed by atoms with Crippen molar-refractivity contribution in [1.29, 1.82) is 0 Å². The molecule has 2 heteroatoms. The largest absolute Gasteiger partial charge is 0.307 e. The van der Waals surface area contributed by atoms with Gasteiger partial charge in [0.25, 0.3) is 0 Å². The van der Waals surface area contributed by atoms with Crippen molar-refractivity contribution in [3.63, 3.8) is 0 Å². The van der Waals surface area contributed by atoms with Crippen LogP contribution in [-0.2, 0) is 11.3 Å². The maximum Gasteiger partial charge on any atom is 0.231 e. The minimum absolute atomic E-state index is 0.144. The van der Waals surface area contributed by atoms with Crippen molar-refractivity contribution in [3.05, 3.63) is 71.8 Å². The summed E-state index contributed by atoms with van der Waals surface area (Å²) in [6, 6.07) is 18.1. The highest BCUT2D eigenvalue weighted by atomic mass is 16.2. The van der Waals surface area contributed by atoms with Gasteiger partial charge >= 0.3 is 0 Å². The second kappa shape index (κ2) is 5.11. The van der Waals surface area contributed by atoms with Crippen molar-refractivity contribution in [2.45, 2.75) is 13.0 Å². The zero-order chi connectivity index (χ0) is 13.1. The molecule has 0 spiro atoms. The first-order valence-corrected chi connectivity index (χ1v) is 6.44. The Labute approximate surface area is 113 Å². The van der Waals surface area contributed by atoms with Crippen LogP contribution in [0.1, 0.15) is 17.5 Å². The molecule has 1 heterocycles. The van der Waals surface area contributed by atoms with Gasteiger partial charge < -0.3 is 4.90 Å². The Balaban J connectivity index is 1.98. The number of carbonyl (C=O) groups excluding carboxylic acids is 1. The Morgan fingerprint density at radius 3 is 2.53 bits per heavy atom. The van der Waals surface area contributed by atoms with Gasteiger partial charge in [-0.1, -0.05) is 60.7 Å². The Morgan fingerprint density at radius 2 is 1.68 bits per heavy atom. The summed E-state index contributed by atoms with van der Waals surface area (Å²) < 4.78 is 0. The van der Waals surface area contributed by atoms with E-state index in [1.54, 1.807) is 0 Å². The summed E-state index contributed by atoms with van der Waals surface area (Å²) in [6.45, 7) is 0.623. The van der Waals surface area contributed by atoms with Gasteiger partial charge in [-0.2, -0.15) is 0 Å². The number of fused-ring (bicyclic) bond motifs is 1. The van der Waals surface area contributed by atoms with Crippen LogP contribution in [0.15, 0.2) is 60.7 Å². The smallest absolute Gasteiger partial charge is 0.231 e. The molecule has 0 radical (unpaired) electrons. The topological polar surface area (TPSA) is 20.3 Å². The number of carbonyl (C=O) groups is 1. The molecule has 0 aromatic heterocycles. The predicted octanol–water partition coefficient (Wildman–Crippen LogP) is 3.64. The van der Waals surface area contributed by atoms with Gasteiger partial charge in [0.2, 0.25) is 5.91 Å². The molecule has 1 aliphatic rings. The van der Waals surface area contributed by atoms with Gasteiger partial charge in [-0.25, -0.2) is 0 Å². The van der Waals surface area contributed by atoms with Gasteiger partial charge in [0.05, 0.1) is 12.2 Å². The van der Waals surface area contributed by atoms with E-state index in [9.17, 15) is 4.79 Å². The maximum atomic E-state index is 12.3. The minimum Gasteiger partial charge on any atom is -0.307 e. The molecule has 0 saturated heterocycles. The molecule has 0 fully saturated rings. The first-order chi connectivity index (χ1) is 9.34. The number of hydrogen-bond donors (Lipinski definition) is 0. The average Bonchev–Trinajstić information content (AvgIpc) is 2.61. The summed E-state index contributed by atoms with van der Waals surface area (Å²) in [4.78, 5) is 14.1. The Hall–Kier alpha value is -2.35. The molecule has 0 saturated carbocycles. The van der Waals surface area contributed by atoms with Gasteiger partial charge in [-0.05, 0) is 17.2 Å². The monoisotopic (exact) mass is 249 g/mol. The van der Waals surface area contributed by atoms with Crippen LogP contribution in [0.4, 0.5) is 5.69 Å². The van der Waals surface area contributed by atoms with Crippen LogP contribution in [0, 0.1) is 0 Å². The summed E-state index contributed by atoms with van der Waals surface area (Å²) in [5, 5.41) is 0. The third kappa shape index (κ3) is 2.43. The van der Waals surface area contributed by atoms with Gasteiger partial charge in [0, 0.05) is 6.42 Å². The Kier molecular flexibility index (Phi) is 3.15. The molecule has 2 aromatic carbocycles. The minimum atomic E-state index is 0.144. The first kappa shape index (κ1) is 11.7. The average molecular weight is 249 g/mol. The van der Waals surface area contributed by atoms with E-state index >= 15 is 0 Å². The molecule has 94 valence electrons. The molecular weight excluding hydrogens is 234 g/mol. The second-order valence-electron chi connectivity index (χ2n) is 4.63. The molecule has 0 atom stereocenters. The molecule has 0 unspecified atom stereocenters. The normalized spacial score (nSPS) is 14.1. The van der Waals surface area contributed by atoms with Crippen LogP contribution in [0.5, 0.6) is 0 Å². The molecule has 2 aromatic rings. The van der Waals surface area contributed by atoms with Crippen LogP contribution in [0.25, 0.3) is 6.08 Å². The van der Waals surface area contributed by atoms with E-state index in [0.29, 0.717) is 13.0 Å². The third-order valence-electron chi connectivity index (χ3n) is 3.30. The molecule has 2 nitrogen and oxygen atoms in total. The van der Waals surface area contributed by atoms with Crippen molar-refractivity contribution < 1.29 is 4.79 Å². The lowest BCUT2D eigenvalue weighted by atomic mass is 10.1. The van der Waals surface area contributed by atoms with Gasteiger partial charge in [-0.3, -0.25) is 4.79 Å². The highest BCUT2D eigenvalue weighted by Gasteiger charge is 2.19. The molecule has 0 bridgehead atoms. The van der Waals surface area contributed by atoms with Crippen LogP contribution < -0.4 is 4.90 Å². The lowest BCUT2D eigenvalue weighted by Gasteiger charge is -2.23. The highest BCUT2D eigenvalue weighted by Crippen LogP contribution is 2.27. The second-order valence-corrected chi connectivity index (χ2v) is 4.63. The maximum absolute atomic E-state index is 12.3. The van der Waals surface area contributed by atoms with Crippen molar-refractivity contribution in [1.82, 2.24) is 0 Å². The number of para-hydroxylation sites is 1. The van der Waals surface area contributed by atoms with Crippen molar-refractivity contribution in [3.8, 4) is 0 Å². The van der Waals surface area contributed by atoms with Crippen molar-refractivity contribution in [2.24, 2.45) is 0 Å². The molecule has 0 aliphatic carbocycles. The predicted molar refractivity (Wildman–Crippen MR) is 77.7 cm³/mol. The Bertz CT molecular complexity index is 616. The summed E-state index contributed by atoms with van der Waals surface area (Å²) in [5.74, 6) is 0.144. The summed E-state index contributed by atoms with van der Waals surface area (Å²) in [7, 11) is 0. The van der Waals surface area contributed by atoms with Crippen LogP contribution >= 0.6 is 0 Å². The number of benzene rings is 2. The fourth-order valence-corrected chi connectivity index (χ4v) is 2.34. The quantitative estimate of drug-likeness (QED) is 0.795. The summed E-state index contributed by atoms with van der Waals surface area (Å²) in [5.41, 5.74) is 3.24. The number of anilines is 1. The fourth-order valence-electron chi connectivity index (χ4n) is 2.34. The fraction of sp³-hybridized carbons (Fsp3) is 0.118. The lowest BCUT2D eigenvalue weighted by molar-refractivity contribution is -0.117. The SMILES string of the molecule is O=C1CC=Cc2ccccc2N1Cc1ccccc1.